The summed E-state index contributed by atoms with van der Waals surface area (Å²) in [5.41, 5.74) is 0. The number of piperidine rings is 1. The molecule has 3 aliphatic rings. The van der Waals surface area contributed by atoms with Crippen molar-refractivity contribution in [3.05, 3.63) is 18.7 Å². The Morgan fingerprint density at radius 3 is 2.62 bits per heavy atom. The van der Waals surface area contributed by atoms with Gasteiger partial charge < -0.3 is 35.6 Å². The van der Waals surface area contributed by atoms with Gasteiger partial charge in [0.25, 0.3) is 10.2 Å². The van der Waals surface area contributed by atoms with Gasteiger partial charge >= 0.3 is 0 Å². The van der Waals surface area contributed by atoms with Crippen molar-refractivity contribution in [1.29, 1.82) is 0 Å². The Balaban J connectivity index is 1.38. The highest BCUT2D eigenvalue weighted by molar-refractivity contribution is 7.87. The van der Waals surface area contributed by atoms with E-state index >= 15 is 0 Å². The number of hydrogen-bond donors (Lipinski definition) is 4. The minimum absolute atomic E-state index is 0.0704. The summed E-state index contributed by atoms with van der Waals surface area (Å²) >= 11 is 0. The molecule has 3 heterocycles. The van der Waals surface area contributed by atoms with Gasteiger partial charge in [-0.15, -0.1) is 0 Å². The SMILES string of the molecule is NN=CN1CCC[C@@H](CNC(=O)C[C@H](NS(=O)(=O)N2CCOCC2)C(=O)N(CCNC(=O)Cn2ccnc2)C2CC2)C1. The summed E-state index contributed by atoms with van der Waals surface area (Å²) < 4.78 is 37.0. The van der Waals surface area contributed by atoms with E-state index in [1.807, 2.05) is 4.90 Å². The second kappa shape index (κ2) is 15.3. The Labute approximate surface area is 246 Å². The molecule has 17 heteroatoms. The molecule has 1 aromatic heterocycles. The smallest absolute Gasteiger partial charge is 0.280 e. The van der Waals surface area contributed by atoms with Gasteiger partial charge in [-0.1, -0.05) is 0 Å². The third-order valence-electron chi connectivity index (χ3n) is 7.49. The number of amides is 3. The lowest BCUT2D eigenvalue weighted by molar-refractivity contribution is -0.136. The van der Waals surface area contributed by atoms with Crippen LogP contribution >= 0.6 is 0 Å². The normalized spacial score (nSPS) is 20.8. The van der Waals surface area contributed by atoms with E-state index in [0.717, 1.165) is 32.2 Å². The molecule has 1 aromatic rings. The van der Waals surface area contributed by atoms with Gasteiger partial charge in [0.2, 0.25) is 17.7 Å². The van der Waals surface area contributed by atoms with E-state index in [2.05, 4.69) is 25.4 Å². The number of nitrogens with one attached hydrogen (secondary N) is 3. The molecule has 5 N–H and O–H groups in total. The van der Waals surface area contributed by atoms with Crippen molar-refractivity contribution < 1.29 is 27.5 Å². The van der Waals surface area contributed by atoms with Crippen molar-refractivity contribution in [3.63, 3.8) is 0 Å². The average Bonchev–Trinajstić information content (AvgIpc) is 3.69. The fraction of sp³-hybridized carbons (Fsp3) is 0.720. The predicted octanol–water partition coefficient (Wildman–Crippen LogP) is -2.35. The number of imidazole rings is 1. The maximum Gasteiger partial charge on any atom is 0.280 e. The van der Waals surface area contributed by atoms with E-state index in [1.165, 1.54) is 10.6 Å². The molecular weight excluding hydrogens is 568 g/mol. The van der Waals surface area contributed by atoms with E-state index in [4.69, 9.17) is 10.6 Å². The lowest BCUT2D eigenvalue weighted by Gasteiger charge is -2.32. The molecule has 2 aliphatic heterocycles. The van der Waals surface area contributed by atoms with Crippen molar-refractivity contribution in [2.24, 2.45) is 16.9 Å². The Bertz CT molecular complexity index is 1170. The van der Waals surface area contributed by atoms with Crippen LogP contribution < -0.4 is 21.2 Å². The number of rotatable bonds is 15. The Morgan fingerprint density at radius 1 is 1.14 bits per heavy atom. The Morgan fingerprint density at radius 2 is 1.93 bits per heavy atom. The van der Waals surface area contributed by atoms with Crippen molar-refractivity contribution in [2.45, 2.75) is 50.7 Å². The number of aromatic nitrogens is 2. The van der Waals surface area contributed by atoms with Crippen LogP contribution in [0.15, 0.2) is 23.8 Å². The molecule has 0 radical (unpaired) electrons. The number of hydrogen-bond acceptors (Lipinski definition) is 9. The summed E-state index contributed by atoms with van der Waals surface area (Å²) in [5, 5.41) is 9.25. The van der Waals surface area contributed by atoms with E-state index in [9.17, 15) is 22.8 Å². The van der Waals surface area contributed by atoms with Crippen molar-refractivity contribution in [3.8, 4) is 0 Å². The van der Waals surface area contributed by atoms with Crippen molar-refractivity contribution >= 4 is 34.3 Å². The summed E-state index contributed by atoms with van der Waals surface area (Å²) in [6.07, 6.45) is 9.42. The molecular formula is C25H42N10O6S. The van der Waals surface area contributed by atoms with Crippen LogP contribution in [0.2, 0.25) is 0 Å². The number of nitrogens with zero attached hydrogens (tertiary/aromatic N) is 6. The quantitative estimate of drug-likeness (QED) is 0.0727. The first-order valence-corrected chi connectivity index (χ1v) is 15.8. The molecule has 2 saturated heterocycles. The fourth-order valence-corrected chi connectivity index (χ4v) is 6.50. The zero-order valence-electron chi connectivity index (χ0n) is 23.8. The van der Waals surface area contributed by atoms with Crippen LogP contribution in [0.5, 0.6) is 0 Å². The molecule has 4 rings (SSSR count). The number of likely N-dealkylation sites (tertiary alicyclic amines) is 1. The summed E-state index contributed by atoms with van der Waals surface area (Å²) in [7, 11) is -4.06. The van der Waals surface area contributed by atoms with Crippen LogP contribution in [0.25, 0.3) is 0 Å². The van der Waals surface area contributed by atoms with Crippen LogP contribution in [0.4, 0.5) is 0 Å². The van der Waals surface area contributed by atoms with Gasteiger partial charge in [0.1, 0.15) is 18.9 Å². The van der Waals surface area contributed by atoms with Crippen LogP contribution in [0, 0.1) is 5.92 Å². The molecule has 234 valence electrons. The molecule has 0 spiro atoms. The highest BCUT2D eigenvalue weighted by Crippen LogP contribution is 2.27. The predicted molar refractivity (Wildman–Crippen MR) is 153 cm³/mol. The number of nitrogens with two attached hydrogens (primary N) is 1. The minimum atomic E-state index is -4.06. The number of morpholine rings is 1. The third kappa shape index (κ3) is 9.64. The summed E-state index contributed by atoms with van der Waals surface area (Å²) in [6, 6.07) is -1.37. The summed E-state index contributed by atoms with van der Waals surface area (Å²) in [6.45, 7) is 3.20. The number of ether oxygens (including phenoxy) is 1. The zero-order valence-corrected chi connectivity index (χ0v) is 24.6. The van der Waals surface area contributed by atoms with Gasteiger partial charge in [-0.25, -0.2) is 4.98 Å². The van der Waals surface area contributed by atoms with Gasteiger partial charge in [-0.2, -0.15) is 22.5 Å². The van der Waals surface area contributed by atoms with Gasteiger partial charge in [0.05, 0.1) is 26.0 Å². The van der Waals surface area contributed by atoms with E-state index < -0.39 is 28.1 Å². The fourth-order valence-electron chi connectivity index (χ4n) is 5.18. The molecule has 0 unspecified atom stereocenters. The van der Waals surface area contributed by atoms with Gasteiger partial charge in [-0.3, -0.25) is 14.4 Å². The molecule has 0 bridgehead atoms. The second-order valence-electron chi connectivity index (χ2n) is 10.8. The first-order valence-electron chi connectivity index (χ1n) is 14.4. The van der Waals surface area contributed by atoms with Gasteiger partial charge in [0, 0.05) is 64.2 Å². The molecule has 3 amide bonds. The first-order chi connectivity index (χ1) is 20.2. The van der Waals surface area contributed by atoms with Gasteiger partial charge in [0.15, 0.2) is 0 Å². The molecule has 2 atom stereocenters. The minimum Gasteiger partial charge on any atom is -0.379 e. The number of carbonyl (C=O) groups excluding carboxylic acids is 3. The maximum atomic E-state index is 13.8. The van der Waals surface area contributed by atoms with Crippen molar-refractivity contribution in [1.82, 2.24) is 39.0 Å². The molecule has 42 heavy (non-hydrogen) atoms. The lowest BCUT2D eigenvalue weighted by atomic mass is 9.98. The summed E-state index contributed by atoms with van der Waals surface area (Å²) in [5.74, 6) is 4.29. The summed E-state index contributed by atoms with van der Waals surface area (Å²) in [4.78, 5) is 46.6. The standard InChI is InChI=1S/C25H42N10O6S/c26-30-19-32-7-1-2-20(16-32)15-29-23(36)14-22(31-42(39,40)34-10-12-41-13-11-34)25(38)35(21-3-4-21)9-6-28-24(37)17-33-8-5-27-18-33/h5,8,18-22,31H,1-4,6-7,9-17,26H2,(H,28,37)(H,29,36)/t20-,22-/m0/s1. The number of hydrazone groups is 1. The topological polar surface area (TPSA) is 197 Å². The van der Waals surface area contributed by atoms with E-state index in [0.29, 0.717) is 13.1 Å². The zero-order chi connectivity index (χ0) is 30.0. The number of carbonyl (C=O) groups is 3. The highest BCUT2D eigenvalue weighted by Gasteiger charge is 2.39. The van der Waals surface area contributed by atoms with Gasteiger partial charge in [-0.05, 0) is 31.6 Å². The van der Waals surface area contributed by atoms with E-state index in [-0.39, 0.29) is 70.2 Å². The third-order valence-corrected chi connectivity index (χ3v) is 9.12. The first kappa shape index (κ1) is 31.7. The largest absolute Gasteiger partial charge is 0.379 e. The van der Waals surface area contributed by atoms with Crippen LogP contribution in [-0.2, 0) is 35.9 Å². The lowest BCUT2D eigenvalue weighted by Crippen LogP contribution is -2.56. The molecule has 0 aromatic carbocycles. The molecule has 3 fully saturated rings. The van der Waals surface area contributed by atoms with Crippen LogP contribution in [0.1, 0.15) is 32.1 Å². The van der Waals surface area contributed by atoms with E-state index in [1.54, 1.807) is 28.2 Å². The highest BCUT2D eigenvalue weighted by atomic mass is 32.2. The maximum absolute atomic E-state index is 13.8. The van der Waals surface area contributed by atoms with Crippen LogP contribution in [0.3, 0.4) is 0 Å². The Hall–Kier alpha value is -3.28. The monoisotopic (exact) mass is 610 g/mol. The molecule has 1 saturated carbocycles. The second-order valence-corrected chi connectivity index (χ2v) is 12.5. The average molecular weight is 611 g/mol. The molecule has 16 nitrogen and oxygen atoms in total. The Kier molecular flexibility index (Phi) is 11.5. The van der Waals surface area contributed by atoms with Crippen LogP contribution in [-0.4, -0.2) is 127 Å². The van der Waals surface area contributed by atoms with Crippen molar-refractivity contribution in [2.75, 3.05) is 59.0 Å². The molecule has 1 aliphatic carbocycles.